The summed E-state index contributed by atoms with van der Waals surface area (Å²) in [5, 5.41) is 11.1. The summed E-state index contributed by atoms with van der Waals surface area (Å²) in [5.74, 6) is -0.199. The first-order chi connectivity index (χ1) is 8.97. The monoisotopic (exact) mass is 283 g/mol. The number of piperidine rings is 1. The molecule has 0 unspecified atom stereocenters. The van der Waals surface area contributed by atoms with E-state index in [0.29, 0.717) is 5.56 Å². The van der Waals surface area contributed by atoms with Gasteiger partial charge < -0.3 is 10.6 Å². The third kappa shape index (κ3) is 3.76. The van der Waals surface area contributed by atoms with Gasteiger partial charge >= 0.3 is 0 Å². The Bertz CT molecular complexity index is 548. The fraction of sp³-hybridized carbons (Fsp3) is 0.417. The Morgan fingerprint density at radius 2 is 2.00 bits per heavy atom. The molecule has 0 saturated carbocycles. The smallest absolute Gasteiger partial charge is 0.251 e. The molecule has 1 aliphatic rings. The highest BCUT2D eigenvalue weighted by molar-refractivity contribution is 7.89. The van der Waals surface area contributed by atoms with E-state index in [2.05, 4.69) is 10.6 Å². The maximum atomic E-state index is 12.0. The van der Waals surface area contributed by atoms with Crippen LogP contribution in [0.5, 0.6) is 0 Å². The van der Waals surface area contributed by atoms with Gasteiger partial charge in [0.2, 0.25) is 10.0 Å². The van der Waals surface area contributed by atoms with Crippen molar-refractivity contribution in [2.24, 2.45) is 5.14 Å². The van der Waals surface area contributed by atoms with Crippen molar-refractivity contribution in [3.8, 4) is 0 Å². The zero-order chi connectivity index (χ0) is 13.9. The Hall–Kier alpha value is -1.44. The molecule has 0 bridgehead atoms. The maximum Gasteiger partial charge on any atom is 0.251 e. The lowest BCUT2D eigenvalue weighted by molar-refractivity contribution is 0.0930. The van der Waals surface area contributed by atoms with E-state index in [1.165, 1.54) is 24.3 Å². The molecule has 6 nitrogen and oxygen atoms in total. The Labute approximate surface area is 112 Å². The van der Waals surface area contributed by atoms with E-state index in [-0.39, 0.29) is 16.8 Å². The zero-order valence-electron chi connectivity index (χ0n) is 10.4. The summed E-state index contributed by atoms with van der Waals surface area (Å²) in [5.41, 5.74) is 0.429. The summed E-state index contributed by atoms with van der Waals surface area (Å²) in [6.45, 7) is 1.75. The molecule has 1 aliphatic heterocycles. The fourth-order valence-corrected chi connectivity index (χ4v) is 2.56. The van der Waals surface area contributed by atoms with Gasteiger partial charge in [-0.2, -0.15) is 0 Å². The largest absolute Gasteiger partial charge is 0.348 e. The number of carbonyl (C=O) groups excluding carboxylic acids is 1. The van der Waals surface area contributed by atoms with E-state index in [1.54, 1.807) is 0 Å². The van der Waals surface area contributed by atoms with Gasteiger partial charge in [0.05, 0.1) is 4.90 Å². The SMILES string of the molecule is NS(=O)(=O)c1ccc(C(=O)N[C@@H]2CCCNC2)cc1. The lowest BCUT2D eigenvalue weighted by atomic mass is 10.1. The summed E-state index contributed by atoms with van der Waals surface area (Å²) in [4.78, 5) is 12.0. The average molecular weight is 283 g/mol. The molecule has 1 amide bonds. The van der Waals surface area contributed by atoms with Crippen molar-refractivity contribution in [1.29, 1.82) is 0 Å². The Kier molecular flexibility index (Phi) is 4.18. The Morgan fingerprint density at radius 3 is 2.53 bits per heavy atom. The van der Waals surface area contributed by atoms with Crippen molar-refractivity contribution in [2.45, 2.75) is 23.8 Å². The fourth-order valence-electron chi connectivity index (χ4n) is 2.04. The second kappa shape index (κ2) is 5.68. The Morgan fingerprint density at radius 1 is 1.32 bits per heavy atom. The van der Waals surface area contributed by atoms with Gasteiger partial charge in [0.1, 0.15) is 0 Å². The lowest BCUT2D eigenvalue weighted by Crippen LogP contribution is -2.45. The van der Waals surface area contributed by atoms with Crippen LogP contribution in [0.3, 0.4) is 0 Å². The van der Waals surface area contributed by atoms with Crippen LogP contribution >= 0.6 is 0 Å². The molecule has 0 spiro atoms. The second-order valence-electron chi connectivity index (χ2n) is 4.59. The van der Waals surface area contributed by atoms with Gasteiger partial charge in [-0.25, -0.2) is 13.6 Å². The van der Waals surface area contributed by atoms with Crippen LogP contribution in [0.25, 0.3) is 0 Å². The average Bonchev–Trinajstić information content (AvgIpc) is 2.39. The van der Waals surface area contributed by atoms with Crippen molar-refractivity contribution in [3.05, 3.63) is 29.8 Å². The molecule has 1 fully saturated rings. The van der Waals surface area contributed by atoms with Crippen LogP contribution in [0, 0.1) is 0 Å². The molecule has 2 rings (SSSR count). The minimum atomic E-state index is -3.71. The summed E-state index contributed by atoms with van der Waals surface area (Å²) in [6, 6.07) is 5.72. The number of amides is 1. The minimum absolute atomic E-state index is 0.00313. The highest BCUT2D eigenvalue weighted by Gasteiger charge is 2.16. The molecule has 0 aromatic heterocycles. The predicted octanol–water partition coefficient (Wildman–Crippen LogP) is -0.184. The van der Waals surface area contributed by atoms with Crippen LogP contribution in [0.15, 0.2) is 29.2 Å². The third-order valence-corrected chi connectivity index (χ3v) is 4.01. The number of primary sulfonamides is 1. The Balaban J connectivity index is 2.03. The quantitative estimate of drug-likeness (QED) is 0.716. The molecule has 1 aromatic carbocycles. The van der Waals surface area contributed by atoms with Crippen LogP contribution in [0.1, 0.15) is 23.2 Å². The molecule has 1 atom stereocenters. The molecular formula is C12H17N3O3S. The predicted molar refractivity (Wildman–Crippen MR) is 71.2 cm³/mol. The minimum Gasteiger partial charge on any atom is -0.348 e. The number of hydrogen-bond acceptors (Lipinski definition) is 4. The van der Waals surface area contributed by atoms with E-state index in [0.717, 1.165) is 25.9 Å². The number of nitrogens with one attached hydrogen (secondary N) is 2. The molecule has 7 heteroatoms. The van der Waals surface area contributed by atoms with Gasteiger partial charge in [0.15, 0.2) is 0 Å². The van der Waals surface area contributed by atoms with E-state index in [1.807, 2.05) is 0 Å². The van der Waals surface area contributed by atoms with E-state index in [4.69, 9.17) is 5.14 Å². The van der Waals surface area contributed by atoms with E-state index in [9.17, 15) is 13.2 Å². The number of hydrogen-bond donors (Lipinski definition) is 3. The van der Waals surface area contributed by atoms with Crippen LogP contribution in [0.4, 0.5) is 0 Å². The molecule has 0 aliphatic carbocycles. The van der Waals surface area contributed by atoms with Crippen molar-refractivity contribution in [1.82, 2.24) is 10.6 Å². The first kappa shape index (κ1) is 14.0. The number of nitrogens with two attached hydrogens (primary N) is 1. The van der Waals surface area contributed by atoms with Crippen LogP contribution in [-0.4, -0.2) is 33.5 Å². The third-order valence-electron chi connectivity index (χ3n) is 3.08. The highest BCUT2D eigenvalue weighted by Crippen LogP contribution is 2.09. The van der Waals surface area contributed by atoms with Crippen molar-refractivity contribution < 1.29 is 13.2 Å². The van der Waals surface area contributed by atoms with Crippen molar-refractivity contribution in [2.75, 3.05) is 13.1 Å². The molecular weight excluding hydrogens is 266 g/mol. The number of benzene rings is 1. The highest BCUT2D eigenvalue weighted by atomic mass is 32.2. The van der Waals surface area contributed by atoms with E-state index < -0.39 is 10.0 Å². The summed E-state index contributed by atoms with van der Waals surface area (Å²) in [7, 11) is -3.71. The van der Waals surface area contributed by atoms with Gasteiger partial charge in [-0.3, -0.25) is 4.79 Å². The van der Waals surface area contributed by atoms with Crippen molar-refractivity contribution >= 4 is 15.9 Å². The molecule has 1 heterocycles. The first-order valence-corrected chi connectivity index (χ1v) is 7.66. The molecule has 0 radical (unpaired) electrons. The zero-order valence-corrected chi connectivity index (χ0v) is 11.2. The molecule has 1 saturated heterocycles. The summed E-state index contributed by atoms with van der Waals surface area (Å²) >= 11 is 0. The maximum absolute atomic E-state index is 12.0. The van der Waals surface area contributed by atoms with Gasteiger partial charge in [0.25, 0.3) is 5.91 Å². The van der Waals surface area contributed by atoms with E-state index >= 15 is 0 Å². The molecule has 104 valence electrons. The topological polar surface area (TPSA) is 101 Å². The normalized spacial score (nSPS) is 19.9. The lowest BCUT2D eigenvalue weighted by Gasteiger charge is -2.23. The number of rotatable bonds is 3. The van der Waals surface area contributed by atoms with Gasteiger partial charge in [0, 0.05) is 18.2 Å². The standard InChI is InChI=1S/C12H17N3O3S/c13-19(17,18)11-5-3-9(4-6-11)12(16)15-10-2-1-7-14-8-10/h3-6,10,14H,1-2,7-8H2,(H,15,16)(H2,13,17,18)/t10-/m1/s1. The summed E-state index contributed by atoms with van der Waals surface area (Å²) in [6.07, 6.45) is 1.99. The van der Waals surface area contributed by atoms with Gasteiger partial charge in [-0.1, -0.05) is 0 Å². The number of carbonyl (C=O) groups is 1. The number of sulfonamides is 1. The van der Waals surface area contributed by atoms with Crippen molar-refractivity contribution in [3.63, 3.8) is 0 Å². The first-order valence-electron chi connectivity index (χ1n) is 6.11. The van der Waals surface area contributed by atoms with Crippen LogP contribution in [0.2, 0.25) is 0 Å². The summed E-state index contributed by atoms with van der Waals surface area (Å²) < 4.78 is 22.2. The second-order valence-corrected chi connectivity index (χ2v) is 6.15. The molecule has 19 heavy (non-hydrogen) atoms. The molecule has 4 N–H and O–H groups in total. The van der Waals surface area contributed by atoms with Crippen LogP contribution < -0.4 is 15.8 Å². The van der Waals surface area contributed by atoms with Gasteiger partial charge in [-0.05, 0) is 43.7 Å². The van der Waals surface area contributed by atoms with Crippen LogP contribution in [-0.2, 0) is 10.0 Å². The van der Waals surface area contributed by atoms with Gasteiger partial charge in [-0.15, -0.1) is 0 Å². The molecule has 1 aromatic rings.